The predicted octanol–water partition coefficient (Wildman–Crippen LogP) is 2.79. The van der Waals surface area contributed by atoms with Gasteiger partial charge >= 0.3 is 5.97 Å². The fourth-order valence-electron chi connectivity index (χ4n) is 1.79. The summed E-state index contributed by atoms with van der Waals surface area (Å²) in [6.07, 6.45) is 6.84. The summed E-state index contributed by atoms with van der Waals surface area (Å²) in [5.74, 6) is 0.506. The van der Waals surface area contributed by atoms with Gasteiger partial charge in [-0.2, -0.15) is 0 Å². The lowest BCUT2D eigenvalue weighted by Crippen LogP contribution is -2.06. The van der Waals surface area contributed by atoms with Crippen LogP contribution in [0.4, 0.5) is 0 Å². The van der Waals surface area contributed by atoms with E-state index >= 15 is 0 Å². The summed E-state index contributed by atoms with van der Waals surface area (Å²) in [6.45, 7) is 0.467. The van der Waals surface area contributed by atoms with Gasteiger partial charge in [0.1, 0.15) is 11.6 Å². The van der Waals surface area contributed by atoms with Gasteiger partial charge in [0.15, 0.2) is 0 Å². The third kappa shape index (κ3) is 4.36. The number of carboxylic acids is 1. The van der Waals surface area contributed by atoms with Gasteiger partial charge in [-0.05, 0) is 23.8 Å². The normalized spacial score (nSPS) is 11.0. The number of aliphatic carboxylic acids is 1. The van der Waals surface area contributed by atoms with Crippen molar-refractivity contribution < 1.29 is 14.6 Å². The summed E-state index contributed by atoms with van der Waals surface area (Å²) in [5, 5.41) is 9.02. The van der Waals surface area contributed by atoms with Crippen molar-refractivity contribution in [1.82, 2.24) is 9.55 Å². The Morgan fingerprint density at radius 1 is 1.52 bits per heavy atom. The number of aryl methyl sites for hydroxylation is 1. The van der Waals surface area contributed by atoms with Crippen molar-refractivity contribution in [3.05, 3.63) is 53.1 Å². The van der Waals surface area contributed by atoms with Gasteiger partial charge in [0, 0.05) is 31.9 Å². The third-order valence-electron chi connectivity index (χ3n) is 2.88. The lowest BCUT2D eigenvalue weighted by atomic mass is 10.2. The van der Waals surface area contributed by atoms with Gasteiger partial charge in [-0.15, -0.1) is 0 Å². The molecule has 0 aliphatic carbocycles. The predicted molar refractivity (Wildman–Crippen MR) is 80.5 cm³/mol. The second-order valence-electron chi connectivity index (χ2n) is 4.41. The third-order valence-corrected chi connectivity index (χ3v) is 3.17. The lowest BCUT2D eigenvalue weighted by molar-refractivity contribution is -0.131. The van der Waals surface area contributed by atoms with Crippen LogP contribution in [0.5, 0.6) is 5.75 Å². The van der Waals surface area contributed by atoms with Crippen molar-refractivity contribution >= 4 is 23.6 Å². The van der Waals surface area contributed by atoms with E-state index in [4.69, 9.17) is 21.4 Å². The number of carboxylic acid groups (broad SMARTS) is 1. The van der Waals surface area contributed by atoms with Gasteiger partial charge in [-0.25, -0.2) is 9.78 Å². The number of hydrogen-bond donors (Lipinski definition) is 1. The summed E-state index contributed by atoms with van der Waals surface area (Å²) in [5.41, 5.74) is 0.707. The molecule has 2 rings (SSSR count). The monoisotopic (exact) mass is 306 g/mol. The molecule has 110 valence electrons. The Kier molecular flexibility index (Phi) is 5.00. The maximum atomic E-state index is 10.5. The van der Waals surface area contributed by atoms with E-state index in [0.717, 1.165) is 11.9 Å². The Morgan fingerprint density at radius 2 is 2.33 bits per heavy atom. The van der Waals surface area contributed by atoms with Crippen molar-refractivity contribution in [3.63, 3.8) is 0 Å². The average molecular weight is 307 g/mol. The van der Waals surface area contributed by atoms with E-state index < -0.39 is 5.97 Å². The molecule has 0 atom stereocenters. The summed E-state index contributed by atoms with van der Waals surface area (Å²) in [7, 11) is 1.93. The Bertz CT molecular complexity index is 665. The van der Waals surface area contributed by atoms with E-state index in [1.807, 2.05) is 17.8 Å². The first-order valence-corrected chi connectivity index (χ1v) is 6.73. The number of ether oxygens (including phenoxy) is 1. The van der Waals surface area contributed by atoms with E-state index in [9.17, 15) is 4.79 Å². The van der Waals surface area contributed by atoms with Crippen LogP contribution >= 0.6 is 11.6 Å². The highest BCUT2D eigenvalue weighted by atomic mass is 35.5. The molecule has 1 aromatic carbocycles. The molecule has 0 amide bonds. The van der Waals surface area contributed by atoms with E-state index in [0.29, 0.717) is 29.4 Å². The van der Waals surface area contributed by atoms with Gasteiger partial charge in [0.05, 0.1) is 11.6 Å². The summed E-state index contributed by atoms with van der Waals surface area (Å²) in [4.78, 5) is 14.7. The molecule has 1 aromatic heterocycles. The Balaban J connectivity index is 1.95. The van der Waals surface area contributed by atoms with Gasteiger partial charge in [0.25, 0.3) is 0 Å². The van der Waals surface area contributed by atoms with Crippen LogP contribution in [0.2, 0.25) is 5.02 Å². The van der Waals surface area contributed by atoms with Gasteiger partial charge < -0.3 is 14.4 Å². The first-order valence-electron chi connectivity index (χ1n) is 6.36. The number of carbonyl (C=O) groups is 1. The summed E-state index contributed by atoms with van der Waals surface area (Å²) < 4.78 is 7.56. The fourth-order valence-corrected chi connectivity index (χ4v) is 2.04. The SMILES string of the molecule is Cn1ccnc1CCOc1ccc(/C=C/C(=O)O)cc1Cl. The van der Waals surface area contributed by atoms with Gasteiger partial charge in [-0.3, -0.25) is 0 Å². The van der Waals surface area contributed by atoms with Crippen LogP contribution in [0.1, 0.15) is 11.4 Å². The first kappa shape index (κ1) is 15.1. The van der Waals surface area contributed by atoms with Crippen molar-refractivity contribution in [2.75, 3.05) is 6.61 Å². The van der Waals surface area contributed by atoms with E-state index in [1.54, 1.807) is 24.4 Å². The van der Waals surface area contributed by atoms with Crippen LogP contribution < -0.4 is 4.74 Å². The number of benzene rings is 1. The zero-order valence-corrected chi connectivity index (χ0v) is 12.2. The Hall–Kier alpha value is -2.27. The van der Waals surface area contributed by atoms with Crippen LogP contribution in [0.15, 0.2) is 36.7 Å². The largest absolute Gasteiger partial charge is 0.492 e. The molecule has 0 aliphatic rings. The van der Waals surface area contributed by atoms with Crippen LogP contribution in [0, 0.1) is 0 Å². The van der Waals surface area contributed by atoms with E-state index in [2.05, 4.69) is 4.98 Å². The highest BCUT2D eigenvalue weighted by Gasteiger charge is 2.04. The Morgan fingerprint density at radius 3 is 2.95 bits per heavy atom. The molecule has 0 bridgehead atoms. The molecule has 0 unspecified atom stereocenters. The molecule has 21 heavy (non-hydrogen) atoms. The lowest BCUT2D eigenvalue weighted by Gasteiger charge is -2.08. The smallest absolute Gasteiger partial charge is 0.328 e. The molecular formula is C15H15ClN2O3. The van der Waals surface area contributed by atoms with E-state index in [1.165, 1.54) is 6.08 Å². The number of aromatic nitrogens is 2. The maximum Gasteiger partial charge on any atom is 0.328 e. The minimum atomic E-state index is -0.999. The molecular weight excluding hydrogens is 292 g/mol. The molecule has 5 nitrogen and oxygen atoms in total. The van der Waals surface area contributed by atoms with Crippen LogP contribution in [-0.4, -0.2) is 27.2 Å². The molecule has 0 saturated carbocycles. The fraction of sp³-hybridized carbons (Fsp3) is 0.200. The second-order valence-corrected chi connectivity index (χ2v) is 4.82. The zero-order valence-electron chi connectivity index (χ0n) is 11.5. The molecule has 0 aliphatic heterocycles. The van der Waals surface area contributed by atoms with E-state index in [-0.39, 0.29) is 0 Å². The average Bonchev–Trinajstić information content (AvgIpc) is 2.84. The van der Waals surface area contributed by atoms with Gasteiger partial charge in [-0.1, -0.05) is 17.7 Å². The highest BCUT2D eigenvalue weighted by molar-refractivity contribution is 6.32. The number of halogens is 1. The quantitative estimate of drug-likeness (QED) is 0.834. The Labute approximate surface area is 127 Å². The summed E-state index contributed by atoms with van der Waals surface area (Å²) >= 11 is 6.11. The molecule has 0 radical (unpaired) electrons. The van der Waals surface area contributed by atoms with Crippen molar-refractivity contribution in [1.29, 1.82) is 0 Å². The summed E-state index contributed by atoms with van der Waals surface area (Å²) in [6, 6.07) is 5.14. The highest BCUT2D eigenvalue weighted by Crippen LogP contribution is 2.26. The van der Waals surface area contributed by atoms with Crippen LogP contribution in [0.3, 0.4) is 0 Å². The standard InChI is InChI=1S/C15H15ClN2O3/c1-18-8-7-17-14(18)6-9-21-13-4-2-11(10-12(13)16)3-5-15(19)20/h2-5,7-8,10H,6,9H2,1H3,(H,19,20)/b5-3+. The topological polar surface area (TPSA) is 64.4 Å². The van der Waals surface area contributed by atoms with Crippen molar-refractivity contribution in [2.45, 2.75) is 6.42 Å². The van der Waals surface area contributed by atoms with Crippen molar-refractivity contribution in [2.24, 2.45) is 7.05 Å². The van der Waals surface area contributed by atoms with Crippen LogP contribution in [0.25, 0.3) is 6.08 Å². The van der Waals surface area contributed by atoms with Gasteiger partial charge in [0.2, 0.25) is 0 Å². The second kappa shape index (κ2) is 6.95. The zero-order chi connectivity index (χ0) is 15.2. The molecule has 0 spiro atoms. The maximum absolute atomic E-state index is 10.5. The molecule has 1 heterocycles. The number of rotatable bonds is 6. The number of hydrogen-bond acceptors (Lipinski definition) is 3. The van der Waals surface area contributed by atoms with Crippen molar-refractivity contribution in [3.8, 4) is 5.75 Å². The number of imidazole rings is 1. The molecule has 2 aromatic rings. The minimum absolute atomic E-state index is 0.447. The number of nitrogens with zero attached hydrogens (tertiary/aromatic N) is 2. The molecule has 1 N–H and O–H groups in total. The van der Waals surface area contributed by atoms with Crippen LogP contribution in [-0.2, 0) is 18.3 Å². The minimum Gasteiger partial charge on any atom is -0.492 e. The molecule has 0 saturated heterocycles. The first-order chi connectivity index (χ1) is 10.1. The molecule has 6 heteroatoms. The molecule has 0 fully saturated rings.